The van der Waals surface area contributed by atoms with Crippen LogP contribution in [0.2, 0.25) is 5.02 Å². The van der Waals surface area contributed by atoms with E-state index in [0.29, 0.717) is 23.7 Å². The van der Waals surface area contributed by atoms with Crippen LogP contribution in [0, 0.1) is 11.3 Å². The van der Waals surface area contributed by atoms with E-state index in [-0.39, 0.29) is 0 Å². The van der Waals surface area contributed by atoms with Crippen molar-refractivity contribution in [3.8, 4) is 6.07 Å². The van der Waals surface area contributed by atoms with Gasteiger partial charge >= 0.3 is 0 Å². The number of benzene rings is 1. The van der Waals surface area contributed by atoms with Gasteiger partial charge in [0, 0.05) is 30.4 Å². The molecule has 22 heavy (non-hydrogen) atoms. The molecule has 0 aliphatic carbocycles. The zero-order valence-electron chi connectivity index (χ0n) is 12.6. The van der Waals surface area contributed by atoms with Crippen LogP contribution >= 0.6 is 11.6 Å². The van der Waals surface area contributed by atoms with Crippen LogP contribution < -0.4 is 4.90 Å². The van der Waals surface area contributed by atoms with Gasteiger partial charge in [0.15, 0.2) is 0 Å². The first-order chi connectivity index (χ1) is 10.5. The van der Waals surface area contributed by atoms with E-state index in [4.69, 9.17) is 16.3 Å². The maximum absolute atomic E-state index is 9.33. The Labute approximate surface area is 134 Å². The molecule has 0 bridgehead atoms. The molecule has 1 aromatic carbocycles. The molecular weight excluding hydrogens is 300 g/mol. The minimum absolute atomic E-state index is 0.457. The third-order valence-electron chi connectivity index (χ3n) is 4.01. The summed E-state index contributed by atoms with van der Waals surface area (Å²) in [6.07, 6.45) is 3.79. The van der Waals surface area contributed by atoms with Crippen LogP contribution in [0.15, 0.2) is 30.6 Å². The SMILES string of the molecule is Cn1cc(C2(C)CN(c3cc(Cl)ccc3C#N)CCO2)cn1. The van der Waals surface area contributed by atoms with E-state index in [1.165, 1.54) is 0 Å². The zero-order valence-corrected chi connectivity index (χ0v) is 13.3. The number of aryl methyl sites for hydroxylation is 1. The molecule has 5 nitrogen and oxygen atoms in total. The molecule has 1 fully saturated rings. The predicted octanol–water partition coefficient (Wildman–Crippen LogP) is 2.70. The van der Waals surface area contributed by atoms with Crippen LogP contribution in [0.3, 0.4) is 0 Å². The molecule has 2 aromatic rings. The normalized spacial score (nSPS) is 21.6. The molecule has 0 spiro atoms. The van der Waals surface area contributed by atoms with Crippen LogP contribution in [0.25, 0.3) is 0 Å². The second-order valence-electron chi connectivity index (χ2n) is 5.68. The molecule has 1 aliphatic heterocycles. The molecule has 6 heteroatoms. The van der Waals surface area contributed by atoms with Crippen molar-refractivity contribution in [3.63, 3.8) is 0 Å². The van der Waals surface area contributed by atoms with E-state index in [1.807, 2.05) is 32.4 Å². The number of hydrogen-bond acceptors (Lipinski definition) is 4. The minimum Gasteiger partial charge on any atom is -0.367 e. The van der Waals surface area contributed by atoms with Gasteiger partial charge in [-0.05, 0) is 25.1 Å². The summed E-state index contributed by atoms with van der Waals surface area (Å²) in [7, 11) is 1.89. The molecule has 0 amide bonds. The van der Waals surface area contributed by atoms with Gasteiger partial charge in [0.1, 0.15) is 11.7 Å². The highest BCUT2D eigenvalue weighted by molar-refractivity contribution is 6.30. The lowest BCUT2D eigenvalue weighted by Gasteiger charge is -2.41. The van der Waals surface area contributed by atoms with E-state index >= 15 is 0 Å². The van der Waals surface area contributed by atoms with E-state index in [9.17, 15) is 5.26 Å². The summed E-state index contributed by atoms with van der Waals surface area (Å²) in [4.78, 5) is 2.15. The van der Waals surface area contributed by atoms with Gasteiger partial charge in [0.05, 0.1) is 30.6 Å². The smallest absolute Gasteiger partial charge is 0.111 e. The molecule has 1 saturated heterocycles. The van der Waals surface area contributed by atoms with Crippen LogP contribution in [0.5, 0.6) is 0 Å². The number of rotatable bonds is 2. The van der Waals surface area contributed by atoms with Crippen molar-refractivity contribution < 1.29 is 4.74 Å². The molecule has 0 radical (unpaired) electrons. The van der Waals surface area contributed by atoms with Crippen molar-refractivity contribution in [2.24, 2.45) is 7.05 Å². The lowest BCUT2D eigenvalue weighted by molar-refractivity contribution is -0.0466. The Hall–Kier alpha value is -2.03. The van der Waals surface area contributed by atoms with E-state index in [1.54, 1.807) is 16.8 Å². The van der Waals surface area contributed by atoms with E-state index < -0.39 is 5.60 Å². The van der Waals surface area contributed by atoms with Crippen molar-refractivity contribution in [1.29, 1.82) is 5.26 Å². The van der Waals surface area contributed by atoms with Gasteiger partial charge in [-0.3, -0.25) is 4.68 Å². The first-order valence-electron chi connectivity index (χ1n) is 7.09. The maximum atomic E-state index is 9.33. The number of hydrogen-bond donors (Lipinski definition) is 0. The van der Waals surface area contributed by atoms with E-state index in [0.717, 1.165) is 17.8 Å². The van der Waals surface area contributed by atoms with Gasteiger partial charge < -0.3 is 9.64 Å². The molecular formula is C16H17ClN4O. The number of nitrogens with zero attached hydrogens (tertiary/aromatic N) is 4. The summed E-state index contributed by atoms with van der Waals surface area (Å²) < 4.78 is 7.78. The quantitative estimate of drug-likeness (QED) is 0.855. The first-order valence-corrected chi connectivity index (χ1v) is 7.47. The number of nitriles is 1. The van der Waals surface area contributed by atoms with Crippen molar-refractivity contribution >= 4 is 17.3 Å². The van der Waals surface area contributed by atoms with Crippen molar-refractivity contribution in [2.75, 3.05) is 24.6 Å². The molecule has 1 atom stereocenters. The fourth-order valence-corrected chi connectivity index (χ4v) is 2.97. The predicted molar refractivity (Wildman–Crippen MR) is 84.9 cm³/mol. The Kier molecular flexibility index (Phi) is 3.81. The van der Waals surface area contributed by atoms with Crippen LogP contribution in [-0.2, 0) is 17.4 Å². The Morgan fingerprint density at radius 3 is 2.95 bits per heavy atom. The molecule has 3 rings (SSSR count). The van der Waals surface area contributed by atoms with Gasteiger partial charge in [0.25, 0.3) is 0 Å². The largest absolute Gasteiger partial charge is 0.367 e. The highest BCUT2D eigenvalue weighted by Crippen LogP contribution is 2.33. The number of halogens is 1. The minimum atomic E-state index is -0.457. The lowest BCUT2D eigenvalue weighted by atomic mass is 9.96. The Morgan fingerprint density at radius 1 is 1.45 bits per heavy atom. The molecule has 1 aliphatic rings. The monoisotopic (exact) mass is 316 g/mol. The molecule has 114 valence electrons. The highest BCUT2D eigenvalue weighted by atomic mass is 35.5. The van der Waals surface area contributed by atoms with Gasteiger partial charge in [0.2, 0.25) is 0 Å². The number of morpholine rings is 1. The third kappa shape index (κ3) is 2.68. The highest BCUT2D eigenvalue weighted by Gasteiger charge is 2.35. The average Bonchev–Trinajstić information content (AvgIpc) is 2.95. The standard InChI is InChI=1S/C16H17ClN4O/c1-16(13-9-19-20(2)10-13)11-21(5-6-22-16)15-7-14(17)4-3-12(15)8-18/h3-4,7,9-10H,5-6,11H2,1-2H3. The summed E-state index contributed by atoms with van der Waals surface area (Å²) in [5.74, 6) is 0. The van der Waals surface area contributed by atoms with Gasteiger partial charge in [-0.15, -0.1) is 0 Å². The lowest BCUT2D eigenvalue weighted by Crippen LogP contribution is -2.48. The molecule has 0 saturated carbocycles. The summed E-state index contributed by atoms with van der Waals surface area (Å²) >= 11 is 6.10. The van der Waals surface area contributed by atoms with Crippen LogP contribution in [0.1, 0.15) is 18.1 Å². The van der Waals surface area contributed by atoms with Crippen LogP contribution in [-0.4, -0.2) is 29.5 Å². The topological polar surface area (TPSA) is 54.1 Å². The average molecular weight is 317 g/mol. The Bertz CT molecular complexity index is 736. The third-order valence-corrected chi connectivity index (χ3v) is 4.25. The second kappa shape index (κ2) is 5.64. The maximum Gasteiger partial charge on any atom is 0.111 e. The Balaban J connectivity index is 1.94. The summed E-state index contributed by atoms with van der Waals surface area (Å²) in [5.41, 5.74) is 2.05. The van der Waals surface area contributed by atoms with E-state index in [2.05, 4.69) is 16.1 Å². The van der Waals surface area contributed by atoms with Crippen molar-refractivity contribution in [3.05, 3.63) is 46.7 Å². The summed E-state index contributed by atoms with van der Waals surface area (Å²) in [5, 5.41) is 14.2. The molecule has 2 heterocycles. The number of aromatic nitrogens is 2. The number of ether oxygens (including phenoxy) is 1. The van der Waals surface area contributed by atoms with Gasteiger partial charge in [-0.2, -0.15) is 10.4 Å². The van der Waals surface area contributed by atoms with Crippen molar-refractivity contribution in [2.45, 2.75) is 12.5 Å². The van der Waals surface area contributed by atoms with Crippen molar-refractivity contribution in [1.82, 2.24) is 9.78 Å². The van der Waals surface area contributed by atoms with Crippen LogP contribution in [0.4, 0.5) is 5.69 Å². The summed E-state index contributed by atoms with van der Waals surface area (Å²) in [6.45, 7) is 4.01. The molecule has 1 unspecified atom stereocenters. The molecule has 0 N–H and O–H groups in total. The molecule has 1 aromatic heterocycles. The summed E-state index contributed by atoms with van der Waals surface area (Å²) in [6, 6.07) is 7.58. The fraction of sp³-hybridized carbons (Fsp3) is 0.375. The fourth-order valence-electron chi connectivity index (χ4n) is 2.81. The first kappa shape index (κ1) is 14.9. The van der Waals surface area contributed by atoms with Gasteiger partial charge in [-0.1, -0.05) is 11.6 Å². The number of anilines is 1. The zero-order chi connectivity index (χ0) is 15.7. The van der Waals surface area contributed by atoms with Gasteiger partial charge in [-0.25, -0.2) is 0 Å². The second-order valence-corrected chi connectivity index (χ2v) is 6.11. The Morgan fingerprint density at radius 2 is 2.27 bits per heavy atom.